The Labute approximate surface area is 198 Å². The minimum Gasteiger partial charge on any atom is -0.479 e. The number of carboxylic acid groups (broad SMARTS) is 1. The molecule has 1 aromatic heterocycles. The van der Waals surface area contributed by atoms with E-state index in [1.54, 1.807) is 18.2 Å². The van der Waals surface area contributed by atoms with Crippen LogP contribution in [0.3, 0.4) is 0 Å². The molecule has 1 unspecified atom stereocenters. The molecule has 1 aliphatic carbocycles. The number of ether oxygens (including phenoxy) is 1. The molecule has 0 fully saturated rings. The molecule has 4 aromatic rings. The van der Waals surface area contributed by atoms with Crippen molar-refractivity contribution < 1.29 is 19.4 Å². The lowest BCUT2D eigenvalue weighted by atomic mass is 9.98. The molecule has 0 aliphatic heterocycles. The van der Waals surface area contributed by atoms with Gasteiger partial charge in [-0.25, -0.2) is 9.59 Å². The fourth-order valence-corrected chi connectivity index (χ4v) is 4.91. The average molecular weight is 503 g/mol. The number of hydrogen-bond acceptors (Lipinski definition) is 4. The first kappa shape index (κ1) is 21.2. The number of aromatic nitrogens is 1. The highest BCUT2D eigenvalue weighted by Gasteiger charge is 2.30. The minimum absolute atomic E-state index is 0.106. The number of para-hydroxylation sites is 1. The third-order valence-corrected chi connectivity index (χ3v) is 6.56. The maximum atomic E-state index is 12.7. The second kappa shape index (κ2) is 8.67. The predicted molar refractivity (Wildman–Crippen MR) is 128 cm³/mol. The van der Waals surface area contributed by atoms with Crippen molar-refractivity contribution in [2.75, 3.05) is 6.61 Å². The molecule has 0 bridgehead atoms. The number of carboxylic acids is 1. The van der Waals surface area contributed by atoms with Gasteiger partial charge in [0.05, 0.1) is 5.52 Å². The summed E-state index contributed by atoms with van der Waals surface area (Å²) in [5.74, 6) is -1.29. The maximum Gasteiger partial charge on any atom is 0.408 e. The van der Waals surface area contributed by atoms with E-state index in [1.165, 1.54) is 6.20 Å². The fraction of sp³-hybridized carbons (Fsp3) is 0.115. The van der Waals surface area contributed by atoms with Gasteiger partial charge in [-0.15, -0.1) is 0 Å². The molecule has 164 valence electrons. The van der Waals surface area contributed by atoms with Gasteiger partial charge in [-0.2, -0.15) is 0 Å². The number of fused-ring (bicyclic) bond motifs is 4. The Balaban J connectivity index is 1.37. The van der Waals surface area contributed by atoms with E-state index in [4.69, 9.17) is 4.74 Å². The van der Waals surface area contributed by atoms with Crippen molar-refractivity contribution in [2.24, 2.45) is 0 Å². The van der Waals surface area contributed by atoms with Gasteiger partial charge in [0.1, 0.15) is 6.61 Å². The number of nitrogens with one attached hydrogen (secondary N) is 1. The van der Waals surface area contributed by atoms with E-state index in [9.17, 15) is 14.7 Å². The Morgan fingerprint density at radius 1 is 0.970 bits per heavy atom. The highest BCUT2D eigenvalue weighted by molar-refractivity contribution is 9.10. The van der Waals surface area contributed by atoms with E-state index >= 15 is 0 Å². The Morgan fingerprint density at radius 2 is 1.64 bits per heavy atom. The van der Waals surface area contributed by atoms with Crippen molar-refractivity contribution >= 4 is 38.9 Å². The first-order valence-electron chi connectivity index (χ1n) is 10.4. The van der Waals surface area contributed by atoms with Crippen LogP contribution in [0.4, 0.5) is 4.79 Å². The number of benzene rings is 3. The third-order valence-electron chi connectivity index (χ3n) is 5.92. The summed E-state index contributed by atoms with van der Waals surface area (Å²) in [5.41, 5.74) is 5.48. The van der Waals surface area contributed by atoms with Gasteiger partial charge in [0.15, 0.2) is 6.04 Å². The Morgan fingerprint density at radius 3 is 2.30 bits per heavy atom. The summed E-state index contributed by atoms with van der Waals surface area (Å²) in [6.07, 6.45) is 0.738. The molecule has 1 heterocycles. The van der Waals surface area contributed by atoms with Gasteiger partial charge in [0.25, 0.3) is 0 Å². The zero-order chi connectivity index (χ0) is 22.9. The molecule has 0 saturated heterocycles. The van der Waals surface area contributed by atoms with Gasteiger partial charge in [-0.3, -0.25) is 4.98 Å². The molecule has 0 saturated carbocycles. The van der Waals surface area contributed by atoms with Gasteiger partial charge in [0.2, 0.25) is 0 Å². The summed E-state index contributed by atoms with van der Waals surface area (Å²) in [7, 11) is 0. The number of nitrogens with zero attached hydrogens (tertiary/aromatic N) is 1. The van der Waals surface area contributed by atoms with Gasteiger partial charge in [-0.1, -0.05) is 60.7 Å². The Hall–Kier alpha value is -3.71. The first-order valence-corrected chi connectivity index (χ1v) is 11.2. The summed E-state index contributed by atoms with van der Waals surface area (Å²) in [6.45, 7) is 0.106. The molecular weight excluding hydrogens is 484 g/mol. The summed E-state index contributed by atoms with van der Waals surface area (Å²) >= 11 is 3.44. The number of pyridine rings is 1. The Bertz CT molecular complexity index is 1340. The smallest absolute Gasteiger partial charge is 0.408 e. The number of alkyl carbamates (subject to hydrolysis) is 1. The lowest BCUT2D eigenvalue weighted by Gasteiger charge is -2.19. The van der Waals surface area contributed by atoms with E-state index in [0.29, 0.717) is 16.5 Å². The molecule has 3 aromatic carbocycles. The lowest BCUT2D eigenvalue weighted by molar-refractivity contribution is -0.139. The first-order chi connectivity index (χ1) is 16.0. The molecule has 6 nitrogen and oxygen atoms in total. The topological polar surface area (TPSA) is 88.5 Å². The molecule has 0 radical (unpaired) electrons. The Kier molecular flexibility index (Phi) is 5.56. The van der Waals surface area contributed by atoms with Gasteiger partial charge in [-0.05, 0) is 55.9 Å². The van der Waals surface area contributed by atoms with Crippen LogP contribution >= 0.6 is 15.9 Å². The van der Waals surface area contributed by atoms with E-state index in [1.807, 2.05) is 42.5 Å². The molecule has 7 heteroatoms. The van der Waals surface area contributed by atoms with Crippen LogP contribution in [0, 0.1) is 0 Å². The number of carbonyl (C=O) groups excluding carboxylic acids is 1. The van der Waals surface area contributed by atoms with Crippen LogP contribution < -0.4 is 5.32 Å². The SMILES string of the molecule is O=C(NC(C(=O)O)c1ccnc2c(Br)cccc12)OCC1c2ccccc2-c2ccccc21. The zero-order valence-corrected chi connectivity index (χ0v) is 19.0. The van der Waals surface area contributed by atoms with Gasteiger partial charge in [0, 0.05) is 22.0 Å². The second-order valence-corrected chi connectivity index (χ2v) is 8.63. The van der Waals surface area contributed by atoms with Crippen molar-refractivity contribution in [3.05, 3.63) is 100 Å². The number of carbonyl (C=O) groups is 2. The number of aliphatic carboxylic acids is 1. The maximum absolute atomic E-state index is 12.7. The van der Waals surface area contributed by atoms with Crippen LogP contribution in [0.2, 0.25) is 0 Å². The summed E-state index contributed by atoms with van der Waals surface area (Å²) < 4.78 is 6.28. The fourth-order valence-electron chi connectivity index (χ4n) is 4.44. The highest BCUT2D eigenvalue weighted by Crippen LogP contribution is 2.44. The number of rotatable bonds is 5. The molecule has 1 amide bonds. The highest BCUT2D eigenvalue weighted by atomic mass is 79.9. The van der Waals surface area contributed by atoms with Crippen LogP contribution in [-0.4, -0.2) is 28.8 Å². The third kappa shape index (κ3) is 3.85. The quantitative estimate of drug-likeness (QED) is 0.367. The van der Waals surface area contributed by atoms with Gasteiger partial charge >= 0.3 is 12.1 Å². The van der Waals surface area contributed by atoms with Crippen molar-refractivity contribution in [3.63, 3.8) is 0 Å². The molecule has 0 spiro atoms. The minimum atomic E-state index is -1.28. The van der Waals surface area contributed by atoms with Crippen molar-refractivity contribution in [2.45, 2.75) is 12.0 Å². The second-order valence-electron chi connectivity index (χ2n) is 7.78. The number of amides is 1. The van der Waals surface area contributed by atoms with Crippen LogP contribution in [0.15, 0.2) is 83.5 Å². The molecule has 1 aliphatic rings. The standard InChI is InChI=1S/C26H19BrN2O4/c27-22-11-5-10-19-20(12-13-28-23(19)22)24(25(30)31)29-26(32)33-14-21-17-8-3-1-6-15(17)16-7-2-4-9-18(16)21/h1-13,21,24H,14H2,(H,29,32)(H,30,31). The van der Waals surface area contributed by atoms with Crippen molar-refractivity contribution in [3.8, 4) is 11.1 Å². The summed E-state index contributed by atoms with van der Waals surface area (Å²) in [6, 6.07) is 21.8. The van der Waals surface area contributed by atoms with E-state index in [0.717, 1.165) is 26.7 Å². The van der Waals surface area contributed by atoms with Gasteiger partial charge < -0.3 is 15.2 Å². The number of halogens is 1. The molecule has 2 N–H and O–H groups in total. The lowest BCUT2D eigenvalue weighted by Crippen LogP contribution is -2.35. The molecular formula is C26H19BrN2O4. The number of hydrogen-bond donors (Lipinski definition) is 2. The monoisotopic (exact) mass is 502 g/mol. The molecule has 33 heavy (non-hydrogen) atoms. The van der Waals surface area contributed by atoms with Crippen molar-refractivity contribution in [1.82, 2.24) is 10.3 Å². The molecule has 5 rings (SSSR count). The van der Waals surface area contributed by atoms with E-state index in [-0.39, 0.29) is 12.5 Å². The largest absolute Gasteiger partial charge is 0.479 e. The average Bonchev–Trinajstić information content (AvgIpc) is 3.15. The van der Waals surface area contributed by atoms with E-state index in [2.05, 4.69) is 38.4 Å². The van der Waals surface area contributed by atoms with Crippen LogP contribution in [0.1, 0.15) is 28.7 Å². The summed E-state index contributed by atoms with van der Waals surface area (Å²) in [5, 5.41) is 13.0. The van der Waals surface area contributed by atoms with E-state index < -0.39 is 18.1 Å². The molecule has 1 atom stereocenters. The predicted octanol–water partition coefficient (Wildman–Crippen LogP) is 5.66. The van der Waals surface area contributed by atoms with Crippen molar-refractivity contribution in [1.29, 1.82) is 0 Å². The van der Waals surface area contributed by atoms with Crippen LogP contribution in [0.25, 0.3) is 22.0 Å². The summed E-state index contributed by atoms with van der Waals surface area (Å²) in [4.78, 5) is 29.1. The van der Waals surface area contributed by atoms with Crippen LogP contribution in [0.5, 0.6) is 0 Å². The van der Waals surface area contributed by atoms with Crippen LogP contribution in [-0.2, 0) is 9.53 Å². The zero-order valence-electron chi connectivity index (χ0n) is 17.4. The normalized spacial score (nSPS) is 13.2.